The van der Waals surface area contributed by atoms with Crippen molar-refractivity contribution in [1.82, 2.24) is 10.3 Å². The van der Waals surface area contributed by atoms with Gasteiger partial charge in [-0.3, -0.25) is 4.79 Å². The highest BCUT2D eigenvalue weighted by Crippen LogP contribution is 2.36. The topological polar surface area (TPSA) is 54.0 Å². The van der Waals surface area contributed by atoms with E-state index in [9.17, 15) is 31.1 Å². The first-order valence-electron chi connectivity index (χ1n) is 7.90. The average Bonchev–Trinajstić information content (AvgIpc) is 2.61. The van der Waals surface area contributed by atoms with E-state index in [1.54, 1.807) is 12.1 Å². The largest absolute Gasteiger partial charge is 0.416 e. The van der Waals surface area contributed by atoms with Gasteiger partial charge in [0.25, 0.3) is 5.91 Å². The van der Waals surface area contributed by atoms with E-state index in [1.807, 2.05) is 0 Å². The van der Waals surface area contributed by atoms with Gasteiger partial charge in [0.05, 0.1) is 23.0 Å². The Labute approximate surface area is 160 Å². The van der Waals surface area contributed by atoms with Crippen molar-refractivity contribution in [1.29, 1.82) is 0 Å². The van der Waals surface area contributed by atoms with Crippen LogP contribution in [0.5, 0.6) is 0 Å². The summed E-state index contributed by atoms with van der Waals surface area (Å²) < 4.78 is 76.9. The lowest BCUT2D eigenvalue weighted by atomic mass is 10.0. The molecule has 0 saturated heterocycles. The number of hydrogen-bond donors (Lipinski definition) is 2. The molecule has 1 aromatic carbocycles. The summed E-state index contributed by atoms with van der Waals surface area (Å²) in [6, 6.07) is 4.00. The van der Waals surface area contributed by atoms with Gasteiger partial charge in [-0.05, 0) is 36.8 Å². The van der Waals surface area contributed by atoms with Crippen molar-refractivity contribution in [3.05, 3.63) is 58.4 Å². The Morgan fingerprint density at radius 3 is 2.07 bits per heavy atom. The highest BCUT2D eigenvalue weighted by Gasteiger charge is 2.37. The van der Waals surface area contributed by atoms with Crippen molar-refractivity contribution in [2.45, 2.75) is 18.8 Å². The number of rotatable bonds is 6. The summed E-state index contributed by atoms with van der Waals surface area (Å²) in [5, 5.41) is 5.59. The Kier molecular flexibility index (Phi) is 6.76. The number of nitrogens with zero attached hydrogens (tertiary/aromatic N) is 1. The molecule has 0 saturated carbocycles. The Bertz CT molecular complexity index is 789. The minimum absolute atomic E-state index is 0.0269. The Hall–Kier alpha value is -2.49. The fourth-order valence-electron chi connectivity index (χ4n) is 2.19. The molecule has 0 aliphatic heterocycles. The molecule has 1 heterocycles. The number of benzene rings is 1. The minimum Gasteiger partial charge on any atom is -0.384 e. The van der Waals surface area contributed by atoms with Gasteiger partial charge in [-0.25, -0.2) is 4.98 Å². The van der Waals surface area contributed by atoms with Crippen LogP contribution in [-0.2, 0) is 12.4 Å². The maximum atomic E-state index is 12.8. The molecular formula is C17H14ClF6N3O. The molecule has 11 heteroatoms. The van der Waals surface area contributed by atoms with Gasteiger partial charge < -0.3 is 10.6 Å². The molecule has 1 amide bonds. The molecule has 2 aromatic rings. The van der Waals surface area contributed by atoms with Gasteiger partial charge in [0.15, 0.2) is 0 Å². The van der Waals surface area contributed by atoms with Crippen molar-refractivity contribution in [2.24, 2.45) is 0 Å². The normalized spacial score (nSPS) is 12.0. The standard InChI is InChI=1S/C17H14ClF6N3O/c18-14-3-2-13(9-27-14)25-4-1-5-26-15(28)10-6-11(16(19,20)21)8-12(7-10)17(22,23)24/h2-3,6-9,25H,1,4-5H2,(H,26,28). The van der Waals surface area contributed by atoms with Crippen LogP contribution >= 0.6 is 11.6 Å². The van der Waals surface area contributed by atoms with E-state index < -0.39 is 35.0 Å². The summed E-state index contributed by atoms with van der Waals surface area (Å²) in [5.74, 6) is -1.02. The molecule has 0 aliphatic carbocycles. The first-order valence-corrected chi connectivity index (χ1v) is 8.28. The van der Waals surface area contributed by atoms with E-state index >= 15 is 0 Å². The predicted molar refractivity (Wildman–Crippen MR) is 91.1 cm³/mol. The summed E-state index contributed by atoms with van der Waals surface area (Å²) in [5.41, 5.74) is -3.12. The van der Waals surface area contributed by atoms with Crippen LogP contribution in [0.3, 0.4) is 0 Å². The predicted octanol–water partition coefficient (Wildman–Crippen LogP) is 5.00. The zero-order chi connectivity index (χ0) is 20.9. The number of pyridine rings is 1. The van der Waals surface area contributed by atoms with Crippen LogP contribution in [-0.4, -0.2) is 24.0 Å². The average molecular weight is 426 g/mol. The number of nitrogens with one attached hydrogen (secondary N) is 2. The van der Waals surface area contributed by atoms with Crippen molar-refractivity contribution < 1.29 is 31.1 Å². The van der Waals surface area contributed by atoms with Crippen molar-refractivity contribution in [3.63, 3.8) is 0 Å². The summed E-state index contributed by atoms with van der Waals surface area (Å²) in [4.78, 5) is 15.8. The highest BCUT2D eigenvalue weighted by molar-refractivity contribution is 6.29. The van der Waals surface area contributed by atoms with Gasteiger partial charge in [-0.2, -0.15) is 26.3 Å². The van der Waals surface area contributed by atoms with Crippen LogP contribution in [0, 0.1) is 0 Å². The monoisotopic (exact) mass is 425 g/mol. The molecule has 0 aliphatic rings. The second kappa shape index (κ2) is 8.68. The quantitative estimate of drug-likeness (QED) is 0.389. The smallest absolute Gasteiger partial charge is 0.384 e. The first-order chi connectivity index (χ1) is 13.0. The molecular weight excluding hydrogens is 412 g/mol. The number of alkyl halides is 6. The number of halogens is 7. The van der Waals surface area contributed by atoms with Crippen LogP contribution in [0.1, 0.15) is 27.9 Å². The van der Waals surface area contributed by atoms with Gasteiger partial charge >= 0.3 is 12.4 Å². The maximum Gasteiger partial charge on any atom is 0.416 e. The summed E-state index contributed by atoms with van der Waals surface area (Å²) in [6.45, 7) is 0.435. The Morgan fingerprint density at radius 1 is 0.964 bits per heavy atom. The Balaban J connectivity index is 1.96. The molecule has 4 nitrogen and oxygen atoms in total. The fourth-order valence-corrected chi connectivity index (χ4v) is 2.30. The molecule has 0 spiro atoms. The lowest BCUT2D eigenvalue weighted by molar-refractivity contribution is -0.143. The van der Waals surface area contributed by atoms with E-state index in [-0.39, 0.29) is 12.6 Å². The number of aromatic nitrogens is 1. The van der Waals surface area contributed by atoms with Crippen LogP contribution in [0.4, 0.5) is 32.0 Å². The van der Waals surface area contributed by atoms with Crippen LogP contribution in [0.2, 0.25) is 5.15 Å². The zero-order valence-electron chi connectivity index (χ0n) is 14.1. The van der Waals surface area contributed by atoms with Crippen LogP contribution < -0.4 is 10.6 Å². The van der Waals surface area contributed by atoms with Crippen LogP contribution in [0.25, 0.3) is 0 Å². The third kappa shape index (κ3) is 6.29. The van der Waals surface area contributed by atoms with E-state index in [1.165, 1.54) is 6.20 Å². The fraction of sp³-hybridized carbons (Fsp3) is 0.294. The minimum atomic E-state index is -5.01. The van der Waals surface area contributed by atoms with Gasteiger partial charge in [-0.1, -0.05) is 11.6 Å². The third-order valence-corrected chi connectivity index (χ3v) is 3.77. The van der Waals surface area contributed by atoms with Crippen molar-refractivity contribution in [3.8, 4) is 0 Å². The molecule has 0 radical (unpaired) electrons. The van der Waals surface area contributed by atoms with Gasteiger partial charge in [-0.15, -0.1) is 0 Å². The third-order valence-electron chi connectivity index (χ3n) is 3.55. The molecule has 0 unspecified atom stereocenters. The van der Waals surface area contributed by atoms with Gasteiger partial charge in [0.2, 0.25) is 0 Å². The van der Waals surface area contributed by atoms with E-state index in [0.717, 1.165) is 0 Å². The molecule has 0 atom stereocenters. The summed E-state index contributed by atoms with van der Waals surface area (Å²) in [6.07, 6.45) is -8.15. The molecule has 0 bridgehead atoms. The number of amides is 1. The number of carbonyl (C=O) groups excluding carboxylic acids is 1. The number of carbonyl (C=O) groups is 1. The maximum absolute atomic E-state index is 12.8. The molecule has 152 valence electrons. The Morgan fingerprint density at radius 2 is 1.57 bits per heavy atom. The van der Waals surface area contributed by atoms with E-state index in [4.69, 9.17) is 11.6 Å². The van der Waals surface area contributed by atoms with E-state index in [0.29, 0.717) is 35.9 Å². The van der Waals surface area contributed by atoms with Crippen LogP contribution in [0.15, 0.2) is 36.5 Å². The SMILES string of the molecule is O=C(NCCCNc1ccc(Cl)nc1)c1cc(C(F)(F)F)cc(C(F)(F)F)c1. The summed E-state index contributed by atoms with van der Waals surface area (Å²) in [7, 11) is 0. The van der Waals surface area contributed by atoms with Crippen molar-refractivity contribution >= 4 is 23.2 Å². The second-order valence-corrected chi connectivity index (χ2v) is 6.09. The molecule has 0 fully saturated rings. The molecule has 1 aromatic heterocycles. The molecule has 2 N–H and O–H groups in total. The lowest BCUT2D eigenvalue weighted by Crippen LogP contribution is -2.26. The van der Waals surface area contributed by atoms with Gasteiger partial charge in [0.1, 0.15) is 5.15 Å². The molecule has 2 rings (SSSR count). The van der Waals surface area contributed by atoms with Gasteiger partial charge in [0, 0.05) is 18.7 Å². The molecule has 28 heavy (non-hydrogen) atoms. The van der Waals surface area contributed by atoms with E-state index in [2.05, 4.69) is 15.6 Å². The number of hydrogen-bond acceptors (Lipinski definition) is 3. The highest BCUT2D eigenvalue weighted by atomic mass is 35.5. The number of anilines is 1. The second-order valence-electron chi connectivity index (χ2n) is 5.70. The lowest BCUT2D eigenvalue weighted by Gasteiger charge is -2.14. The van der Waals surface area contributed by atoms with Crippen molar-refractivity contribution in [2.75, 3.05) is 18.4 Å². The summed E-state index contributed by atoms with van der Waals surface area (Å²) >= 11 is 5.64. The first kappa shape index (κ1) is 21.8. The zero-order valence-corrected chi connectivity index (χ0v) is 14.8.